The zero-order chi connectivity index (χ0) is 11.8. The first-order chi connectivity index (χ1) is 7.81. The third-order valence-corrected chi connectivity index (χ3v) is 3.03. The highest BCUT2D eigenvalue weighted by Crippen LogP contribution is 2.20. The van der Waals surface area contributed by atoms with Gasteiger partial charge in [-0.1, -0.05) is 0 Å². The molecule has 88 valence electrons. The summed E-state index contributed by atoms with van der Waals surface area (Å²) >= 11 is 1.55. The lowest BCUT2D eigenvalue weighted by molar-refractivity contribution is 0.205. The van der Waals surface area contributed by atoms with E-state index in [2.05, 4.69) is 16.0 Å². The van der Waals surface area contributed by atoms with E-state index in [4.69, 9.17) is 15.7 Å². The fourth-order valence-corrected chi connectivity index (χ4v) is 2.12. The summed E-state index contributed by atoms with van der Waals surface area (Å²) in [6.07, 6.45) is 0.487. The molecule has 0 aliphatic rings. The summed E-state index contributed by atoms with van der Waals surface area (Å²) < 4.78 is 5.03. The van der Waals surface area contributed by atoms with Crippen LogP contribution in [0.2, 0.25) is 0 Å². The van der Waals surface area contributed by atoms with Crippen LogP contribution in [0.25, 0.3) is 0 Å². The Kier molecular flexibility index (Phi) is 5.78. The number of ether oxygens (including phenoxy) is 1. The highest BCUT2D eigenvalue weighted by molar-refractivity contribution is 7.13. The van der Waals surface area contributed by atoms with Gasteiger partial charge < -0.3 is 15.4 Å². The van der Waals surface area contributed by atoms with Crippen LogP contribution in [0.5, 0.6) is 0 Å². The van der Waals surface area contributed by atoms with Crippen molar-refractivity contribution >= 4 is 16.5 Å². The topological polar surface area (TPSA) is 75.2 Å². The first-order valence-electron chi connectivity index (χ1n) is 5.07. The molecule has 0 amide bonds. The first-order valence-corrected chi connectivity index (χ1v) is 5.95. The molecule has 0 fully saturated rings. The minimum Gasteiger partial charge on any atom is -0.383 e. The second kappa shape index (κ2) is 7.17. The van der Waals surface area contributed by atoms with Gasteiger partial charge >= 0.3 is 0 Å². The van der Waals surface area contributed by atoms with Gasteiger partial charge in [0.05, 0.1) is 24.8 Å². The molecule has 0 aromatic carbocycles. The van der Waals surface area contributed by atoms with Gasteiger partial charge in [0.2, 0.25) is 0 Å². The Labute approximate surface area is 99.5 Å². The van der Waals surface area contributed by atoms with Crippen molar-refractivity contribution in [1.82, 2.24) is 4.98 Å². The van der Waals surface area contributed by atoms with Crippen molar-refractivity contribution in [3.63, 3.8) is 0 Å². The Morgan fingerprint density at radius 3 is 3.00 bits per heavy atom. The normalized spacial score (nSPS) is 10.1. The minimum atomic E-state index is 0.451. The summed E-state index contributed by atoms with van der Waals surface area (Å²) in [5.74, 6) is 0. The third-order valence-electron chi connectivity index (χ3n) is 2.08. The van der Waals surface area contributed by atoms with Crippen molar-refractivity contribution in [2.75, 3.05) is 31.7 Å². The van der Waals surface area contributed by atoms with Crippen molar-refractivity contribution < 1.29 is 4.74 Å². The van der Waals surface area contributed by atoms with Crippen LogP contribution in [-0.2, 0) is 11.3 Å². The molecule has 6 heteroatoms. The van der Waals surface area contributed by atoms with Crippen LogP contribution in [0, 0.1) is 11.3 Å². The molecule has 5 nitrogen and oxygen atoms in total. The summed E-state index contributed by atoms with van der Waals surface area (Å²) in [4.78, 5) is 6.44. The van der Waals surface area contributed by atoms with Gasteiger partial charge in [-0.3, -0.25) is 0 Å². The zero-order valence-corrected chi connectivity index (χ0v) is 10.2. The SMILES string of the molecule is COCCN(CCC#N)c1nc(CN)cs1. The number of methoxy groups -OCH3 is 1. The number of anilines is 1. The molecule has 0 aliphatic heterocycles. The Morgan fingerprint density at radius 2 is 2.44 bits per heavy atom. The van der Waals surface area contributed by atoms with E-state index < -0.39 is 0 Å². The molecule has 0 radical (unpaired) electrons. The quantitative estimate of drug-likeness (QED) is 0.768. The van der Waals surface area contributed by atoms with Gasteiger partial charge in [-0.2, -0.15) is 5.26 Å². The Balaban J connectivity index is 2.63. The van der Waals surface area contributed by atoms with Crippen LogP contribution in [0.3, 0.4) is 0 Å². The number of thiazole rings is 1. The molecule has 1 aromatic rings. The fraction of sp³-hybridized carbons (Fsp3) is 0.600. The van der Waals surface area contributed by atoms with Crippen molar-refractivity contribution in [3.05, 3.63) is 11.1 Å². The molecule has 16 heavy (non-hydrogen) atoms. The molecule has 0 saturated heterocycles. The molecular formula is C10H16N4OS. The van der Waals surface area contributed by atoms with Crippen LogP contribution >= 0.6 is 11.3 Å². The van der Waals surface area contributed by atoms with Gasteiger partial charge in [-0.25, -0.2) is 4.98 Å². The number of hydrogen-bond donors (Lipinski definition) is 1. The second-order valence-corrected chi connectivity index (χ2v) is 4.05. The highest BCUT2D eigenvalue weighted by atomic mass is 32.1. The molecule has 0 unspecified atom stereocenters. The van der Waals surface area contributed by atoms with Crippen molar-refractivity contribution in [3.8, 4) is 6.07 Å². The monoisotopic (exact) mass is 240 g/mol. The van der Waals surface area contributed by atoms with Gasteiger partial charge in [0.1, 0.15) is 0 Å². The smallest absolute Gasteiger partial charge is 0.185 e. The van der Waals surface area contributed by atoms with E-state index in [0.29, 0.717) is 26.1 Å². The van der Waals surface area contributed by atoms with Crippen LogP contribution < -0.4 is 10.6 Å². The van der Waals surface area contributed by atoms with Crippen molar-refractivity contribution in [2.45, 2.75) is 13.0 Å². The van der Waals surface area contributed by atoms with Crippen LogP contribution in [-0.4, -0.2) is 31.8 Å². The number of nitrogens with zero attached hydrogens (tertiary/aromatic N) is 3. The highest BCUT2D eigenvalue weighted by Gasteiger charge is 2.10. The molecule has 0 aliphatic carbocycles. The number of aromatic nitrogens is 1. The van der Waals surface area contributed by atoms with Crippen LogP contribution in [0.15, 0.2) is 5.38 Å². The number of hydrogen-bond acceptors (Lipinski definition) is 6. The molecule has 1 heterocycles. The van der Waals surface area contributed by atoms with Crippen LogP contribution in [0.1, 0.15) is 12.1 Å². The van der Waals surface area contributed by atoms with Crippen molar-refractivity contribution in [2.24, 2.45) is 5.73 Å². The van der Waals surface area contributed by atoms with Gasteiger partial charge in [-0.15, -0.1) is 11.3 Å². The first kappa shape index (κ1) is 12.9. The summed E-state index contributed by atoms with van der Waals surface area (Å²) in [5, 5.41) is 11.4. The minimum absolute atomic E-state index is 0.451. The van der Waals surface area contributed by atoms with E-state index in [-0.39, 0.29) is 0 Å². The van der Waals surface area contributed by atoms with E-state index in [9.17, 15) is 0 Å². The average Bonchev–Trinajstić information content (AvgIpc) is 2.78. The fourth-order valence-electron chi connectivity index (χ4n) is 1.22. The average molecular weight is 240 g/mol. The molecular weight excluding hydrogens is 224 g/mol. The number of nitriles is 1. The second-order valence-electron chi connectivity index (χ2n) is 3.21. The van der Waals surface area contributed by atoms with Gasteiger partial charge in [0.25, 0.3) is 0 Å². The van der Waals surface area contributed by atoms with E-state index in [0.717, 1.165) is 17.4 Å². The summed E-state index contributed by atoms with van der Waals surface area (Å²) in [5.41, 5.74) is 6.40. The van der Waals surface area contributed by atoms with E-state index in [1.807, 2.05) is 5.38 Å². The molecule has 0 bridgehead atoms. The number of rotatable bonds is 7. The molecule has 0 spiro atoms. The van der Waals surface area contributed by atoms with Gasteiger partial charge in [0, 0.05) is 32.1 Å². The largest absolute Gasteiger partial charge is 0.383 e. The molecule has 1 rings (SSSR count). The standard InChI is InChI=1S/C10H16N4OS/c1-15-6-5-14(4-2-3-11)10-13-9(7-12)8-16-10/h8H,2,4-7,12H2,1H3. The van der Waals surface area contributed by atoms with Gasteiger partial charge in [0.15, 0.2) is 5.13 Å². The lowest BCUT2D eigenvalue weighted by Gasteiger charge is -2.19. The molecule has 0 saturated carbocycles. The van der Waals surface area contributed by atoms with E-state index in [1.54, 1.807) is 18.4 Å². The van der Waals surface area contributed by atoms with E-state index in [1.165, 1.54) is 0 Å². The lowest BCUT2D eigenvalue weighted by atomic mass is 10.4. The van der Waals surface area contributed by atoms with Crippen LogP contribution in [0.4, 0.5) is 5.13 Å². The molecule has 1 aromatic heterocycles. The van der Waals surface area contributed by atoms with Crippen molar-refractivity contribution in [1.29, 1.82) is 5.26 Å². The Morgan fingerprint density at radius 1 is 1.62 bits per heavy atom. The lowest BCUT2D eigenvalue weighted by Crippen LogP contribution is -2.28. The van der Waals surface area contributed by atoms with Gasteiger partial charge in [-0.05, 0) is 0 Å². The maximum atomic E-state index is 8.59. The summed E-state index contributed by atoms with van der Waals surface area (Å²) in [6, 6.07) is 2.13. The predicted molar refractivity (Wildman–Crippen MR) is 64.3 cm³/mol. The number of nitrogens with two attached hydrogens (primary N) is 1. The Bertz CT molecular complexity index is 347. The zero-order valence-electron chi connectivity index (χ0n) is 9.35. The molecule has 2 N–H and O–H groups in total. The summed E-state index contributed by atoms with van der Waals surface area (Å²) in [6.45, 7) is 2.50. The summed E-state index contributed by atoms with van der Waals surface area (Å²) in [7, 11) is 1.66. The maximum absolute atomic E-state index is 8.59. The van der Waals surface area contributed by atoms with E-state index >= 15 is 0 Å². The predicted octanol–water partition coefficient (Wildman–Crippen LogP) is 0.968. The third kappa shape index (κ3) is 3.77. The molecule has 0 atom stereocenters. The Hall–Kier alpha value is -1.16. The maximum Gasteiger partial charge on any atom is 0.185 e.